The van der Waals surface area contributed by atoms with E-state index in [0.717, 1.165) is 53.4 Å². The number of amides is 4. The SMILES string of the molecule is COC(=O)N[C@H](C(=O)N[C@@H](Cc1ccc(C#Cc2cnc(N3CC4CCC(C3)N4C3COC3)nc2)cc1)[C@@H](O)CN(Cc1c(F)cc(/C(N)=C/N(N)C(F)F)cc1F)NC(=O)[C@@H](NC(=O)OC)C(C)(C)C(F)(F)F)C(C)(C)C(F)(F)F. The van der Waals surface area contributed by atoms with Gasteiger partial charge < -0.3 is 45.9 Å². The van der Waals surface area contributed by atoms with E-state index in [9.17, 15) is 59.4 Å². The fourth-order valence-electron chi connectivity index (χ4n) is 9.27. The number of nitrogens with one attached hydrogen (secondary N) is 4. The van der Waals surface area contributed by atoms with Crippen LogP contribution in [0.3, 0.4) is 0 Å². The Morgan fingerprint density at radius 2 is 1.32 bits per heavy atom. The van der Waals surface area contributed by atoms with Crippen molar-refractivity contribution in [1.29, 1.82) is 0 Å². The normalized spacial score (nSPS) is 18.7. The lowest BCUT2D eigenvalue weighted by Gasteiger charge is -2.47. The van der Waals surface area contributed by atoms with Crippen LogP contribution in [0.4, 0.5) is 59.4 Å². The molecule has 1 aromatic heterocycles. The van der Waals surface area contributed by atoms with Crippen molar-refractivity contribution in [1.82, 2.24) is 46.3 Å². The first-order valence-corrected chi connectivity index (χ1v) is 25.0. The molecule has 6 rings (SSSR count). The maximum absolute atomic E-state index is 16.0. The second-order valence-corrected chi connectivity index (χ2v) is 20.7. The zero-order valence-electron chi connectivity index (χ0n) is 44.6. The molecule has 2 bridgehead atoms. The van der Waals surface area contributed by atoms with Crippen LogP contribution in [0.2, 0.25) is 0 Å². The molecule has 3 aromatic rings. The number of carbonyl (C=O) groups is 4. The lowest BCUT2D eigenvalue weighted by Crippen LogP contribution is -2.63. The second-order valence-electron chi connectivity index (χ2n) is 20.7. The van der Waals surface area contributed by atoms with Crippen molar-refractivity contribution in [2.24, 2.45) is 22.4 Å². The molecule has 0 saturated carbocycles. The minimum Gasteiger partial charge on any atom is -0.453 e. The number of carbonyl (C=O) groups excluding carboxylic acids is 4. The highest BCUT2D eigenvalue weighted by Gasteiger charge is 2.57. The van der Waals surface area contributed by atoms with E-state index in [1.807, 2.05) is 10.7 Å². The van der Waals surface area contributed by atoms with E-state index >= 15 is 8.78 Å². The molecule has 0 radical (unpaired) electrons. The van der Waals surface area contributed by atoms with E-state index in [1.165, 1.54) is 24.3 Å². The standard InChI is InChI=1S/C51H62F10N12O8/c1-48(2,50(56,57)58)40(67-46(77)79-5)42(75)66-38(15-28-10-7-27(8-11-28)9-12-29-18-64-45(65-19-29)70-20-31-13-14-32(21-70)73(31)33-25-81-26-33)39(74)24-71(69-43(76)41(68-47(78)80-6)49(3,4)51(59,60)61)22-34-35(52)16-30(17-36(34)53)37(62)23-72(63)44(54)55/h7-8,10-11,16-19,23,31-33,38-41,44,74H,13-15,20-22,24-26,62-63H2,1-6H3,(H,66,75)(H,67,77)(H,68,78)(H,69,76)/b37-23-/t31?,32?,38-,39-,40+,41+/m0/s1. The summed E-state index contributed by atoms with van der Waals surface area (Å²) in [6, 6.07) is 1.33. The van der Waals surface area contributed by atoms with Gasteiger partial charge >= 0.3 is 31.1 Å². The number of alkyl carbamates (subject to hydrolysis) is 2. The molecule has 3 aliphatic heterocycles. The van der Waals surface area contributed by atoms with Crippen LogP contribution in [0.25, 0.3) is 5.70 Å². The average Bonchev–Trinajstić information content (AvgIpc) is 3.66. The second kappa shape index (κ2) is 25.7. The van der Waals surface area contributed by atoms with Crippen molar-refractivity contribution in [3.63, 3.8) is 0 Å². The molecule has 0 spiro atoms. The first-order chi connectivity index (χ1) is 37.8. The summed E-state index contributed by atoms with van der Waals surface area (Å²) >= 11 is 0. The summed E-state index contributed by atoms with van der Waals surface area (Å²) in [5.41, 5.74) is 0.470. The summed E-state index contributed by atoms with van der Waals surface area (Å²) in [4.78, 5) is 66.6. The number of ether oxygens (including phenoxy) is 3. The van der Waals surface area contributed by atoms with Gasteiger partial charge in [0.1, 0.15) is 23.7 Å². The van der Waals surface area contributed by atoms with E-state index in [1.54, 1.807) is 17.7 Å². The van der Waals surface area contributed by atoms with Crippen LogP contribution in [-0.4, -0.2) is 162 Å². The number of piperazine rings is 1. The highest BCUT2D eigenvalue weighted by Crippen LogP contribution is 2.42. The summed E-state index contributed by atoms with van der Waals surface area (Å²) in [7, 11) is 1.58. The molecule has 444 valence electrons. The molecule has 3 fully saturated rings. The smallest absolute Gasteiger partial charge is 0.407 e. The summed E-state index contributed by atoms with van der Waals surface area (Å²) in [6.07, 6.45) is -10.4. The molecule has 3 saturated heterocycles. The number of benzene rings is 2. The zero-order valence-corrected chi connectivity index (χ0v) is 44.6. The predicted molar refractivity (Wildman–Crippen MR) is 269 cm³/mol. The number of alkyl halides is 8. The van der Waals surface area contributed by atoms with E-state index in [-0.39, 0.29) is 10.6 Å². The summed E-state index contributed by atoms with van der Waals surface area (Å²) in [6.45, 7) is -0.455. The average molecular weight is 1160 g/mol. The molecule has 0 aliphatic carbocycles. The Labute approximate surface area is 458 Å². The van der Waals surface area contributed by atoms with Gasteiger partial charge in [0.2, 0.25) is 11.9 Å². The van der Waals surface area contributed by atoms with E-state index in [2.05, 4.69) is 46.4 Å². The number of nitrogens with zero attached hydrogens (tertiary/aromatic N) is 6. The predicted octanol–water partition coefficient (Wildman–Crippen LogP) is 4.41. The fourth-order valence-corrected chi connectivity index (χ4v) is 9.27. The monoisotopic (exact) mass is 1160 g/mol. The number of aromatic nitrogens is 2. The molecule has 20 nitrogen and oxygen atoms in total. The number of hydrazine groups is 2. The molecule has 6 atom stereocenters. The number of aliphatic hydroxyl groups excluding tert-OH is 1. The first-order valence-electron chi connectivity index (χ1n) is 25.0. The zero-order chi connectivity index (χ0) is 59.9. The van der Waals surface area contributed by atoms with Crippen molar-refractivity contribution in [3.05, 3.63) is 94.4 Å². The topological polar surface area (TPSA) is 255 Å². The maximum atomic E-state index is 16.0. The third kappa shape index (κ3) is 15.2. The molecule has 4 amide bonds. The van der Waals surface area contributed by atoms with E-state index in [0.29, 0.717) is 86.2 Å². The highest BCUT2D eigenvalue weighted by molar-refractivity contribution is 5.87. The maximum Gasteiger partial charge on any atom is 0.407 e. The van der Waals surface area contributed by atoms with Crippen molar-refractivity contribution in [2.45, 2.75) is 115 Å². The van der Waals surface area contributed by atoms with Crippen LogP contribution < -0.4 is 37.9 Å². The minimum absolute atomic E-state index is 0.178. The van der Waals surface area contributed by atoms with Gasteiger partial charge in [0.05, 0.1) is 67.7 Å². The molecular weight excluding hydrogens is 1100 g/mol. The summed E-state index contributed by atoms with van der Waals surface area (Å²) in [5.74, 6) is 5.36. The van der Waals surface area contributed by atoms with Gasteiger partial charge in [-0.2, -0.15) is 35.1 Å². The Morgan fingerprint density at radius 3 is 1.79 bits per heavy atom. The fraction of sp³-hybridized carbons (Fsp3) is 0.529. The van der Waals surface area contributed by atoms with Crippen molar-refractivity contribution in [2.75, 3.05) is 52.0 Å². The summed E-state index contributed by atoms with van der Waals surface area (Å²) in [5, 5.41) is 18.2. The summed E-state index contributed by atoms with van der Waals surface area (Å²) < 4.78 is 160. The lowest BCUT2D eigenvalue weighted by molar-refractivity contribution is -0.221. The molecule has 3 aliphatic rings. The number of halogens is 10. The van der Waals surface area contributed by atoms with Gasteiger partial charge in [-0.15, -0.1) is 0 Å². The number of hydrogen-bond donors (Lipinski definition) is 7. The molecule has 30 heteroatoms. The van der Waals surface area contributed by atoms with Crippen LogP contribution in [0.5, 0.6) is 0 Å². The quantitative estimate of drug-likeness (QED) is 0.0272. The number of nitrogens with two attached hydrogens (primary N) is 2. The number of fused-ring (bicyclic) bond motifs is 2. The van der Waals surface area contributed by atoms with Crippen LogP contribution in [0.15, 0.2) is 55.0 Å². The Bertz CT molecular complexity index is 2780. The van der Waals surface area contributed by atoms with Crippen LogP contribution in [0, 0.1) is 34.3 Å². The Hall–Kier alpha value is -7.20. The van der Waals surface area contributed by atoms with Gasteiger partial charge in [-0.3, -0.25) is 24.9 Å². The highest BCUT2D eigenvalue weighted by atomic mass is 19.4. The third-order valence-electron chi connectivity index (χ3n) is 14.4. The molecule has 2 aromatic carbocycles. The number of anilines is 1. The Balaban J connectivity index is 1.32. The van der Waals surface area contributed by atoms with Gasteiger partial charge in [0.25, 0.3) is 5.91 Å². The largest absolute Gasteiger partial charge is 0.453 e. The van der Waals surface area contributed by atoms with Gasteiger partial charge in [-0.25, -0.2) is 39.2 Å². The van der Waals surface area contributed by atoms with Crippen molar-refractivity contribution < 1.29 is 82.4 Å². The molecule has 9 N–H and O–H groups in total. The minimum atomic E-state index is -5.25. The van der Waals surface area contributed by atoms with Gasteiger partial charge in [-0.05, 0) is 76.8 Å². The first kappa shape index (κ1) is 63.0. The van der Waals surface area contributed by atoms with E-state index < -0.39 is 126 Å². The third-order valence-corrected chi connectivity index (χ3v) is 14.4. The van der Waals surface area contributed by atoms with Crippen LogP contribution in [-0.2, 0) is 36.8 Å². The molecule has 4 heterocycles. The number of rotatable bonds is 20. The van der Waals surface area contributed by atoms with Gasteiger partial charge in [0.15, 0.2) is 0 Å². The van der Waals surface area contributed by atoms with Gasteiger partial charge in [-0.1, -0.05) is 24.0 Å². The number of aliphatic hydroxyl groups is 1. The van der Waals surface area contributed by atoms with Crippen LogP contribution in [0.1, 0.15) is 68.4 Å². The van der Waals surface area contributed by atoms with Crippen molar-refractivity contribution in [3.8, 4) is 11.8 Å². The van der Waals surface area contributed by atoms with Crippen molar-refractivity contribution >= 4 is 35.6 Å². The molecule has 81 heavy (non-hydrogen) atoms. The van der Waals surface area contributed by atoms with E-state index in [4.69, 9.17) is 16.3 Å². The Morgan fingerprint density at radius 1 is 0.815 bits per heavy atom. The number of hydrogen-bond acceptors (Lipinski definition) is 16. The van der Waals surface area contributed by atoms with Gasteiger partial charge in [0, 0.05) is 73.5 Å². The number of methoxy groups -OCH3 is 2. The molecule has 2 unspecified atom stereocenters. The van der Waals surface area contributed by atoms with Crippen LogP contribution >= 0.6 is 0 Å². The lowest BCUT2D eigenvalue weighted by atomic mass is 9.82. The Kier molecular flexibility index (Phi) is 20.0. The molecular formula is C51H62F10N12O8.